The molecule has 0 aromatic heterocycles. The highest BCUT2D eigenvalue weighted by Crippen LogP contribution is 2.25. The van der Waals surface area contributed by atoms with Crippen LogP contribution in [0.5, 0.6) is 0 Å². The summed E-state index contributed by atoms with van der Waals surface area (Å²) in [6, 6.07) is 3.16. The van der Waals surface area contributed by atoms with Gasteiger partial charge in [-0.05, 0) is 36.9 Å². The van der Waals surface area contributed by atoms with Gasteiger partial charge in [-0.25, -0.2) is 13.6 Å². The van der Waals surface area contributed by atoms with Gasteiger partial charge in [0.15, 0.2) is 0 Å². The number of benzene rings is 1. The summed E-state index contributed by atoms with van der Waals surface area (Å²) in [6.45, 7) is 0.346. The summed E-state index contributed by atoms with van der Waals surface area (Å²) in [4.78, 5) is 42.6. The predicted molar refractivity (Wildman–Crippen MR) is 102 cm³/mol. The number of nitrogens with zero attached hydrogens (tertiary/aromatic N) is 4. The van der Waals surface area contributed by atoms with E-state index in [1.807, 2.05) is 0 Å². The number of hydrogen-bond donors (Lipinski definition) is 0. The lowest BCUT2D eigenvalue weighted by Gasteiger charge is -2.19. The minimum atomic E-state index is -1.21. The second-order valence-electron chi connectivity index (χ2n) is 6.35. The molecule has 0 bridgehead atoms. The maximum atomic E-state index is 13.8. The van der Waals surface area contributed by atoms with Crippen LogP contribution in [0, 0.1) is 11.6 Å². The molecule has 1 fully saturated rings. The Morgan fingerprint density at radius 3 is 2.63 bits per heavy atom. The number of carbonyl (C=O) groups is 3. The molecule has 1 atom stereocenters. The molecule has 1 aromatic carbocycles. The summed E-state index contributed by atoms with van der Waals surface area (Å²) in [5.41, 5.74) is 8.26. The summed E-state index contributed by atoms with van der Waals surface area (Å²) >= 11 is 1.03. The van der Waals surface area contributed by atoms with Crippen molar-refractivity contribution in [2.45, 2.75) is 49.5 Å². The third-order valence-corrected chi connectivity index (χ3v) is 5.28. The molecule has 12 heteroatoms. The minimum Gasteiger partial charge on any atom is -0.428 e. The molecule has 0 N–H and O–H groups in total. The van der Waals surface area contributed by atoms with E-state index in [2.05, 4.69) is 10.0 Å². The van der Waals surface area contributed by atoms with Gasteiger partial charge in [0.1, 0.15) is 17.7 Å². The first-order valence-corrected chi connectivity index (χ1v) is 10.2. The second kappa shape index (κ2) is 12.0. The molecule has 162 valence electrons. The van der Waals surface area contributed by atoms with Gasteiger partial charge in [0.05, 0.1) is 0 Å². The molecule has 1 aromatic rings. The number of hydroxylamine groups is 2. The average Bonchev–Trinajstić information content (AvgIpc) is 3.01. The summed E-state index contributed by atoms with van der Waals surface area (Å²) in [7, 11) is 0. The molecule has 1 saturated heterocycles. The molecule has 1 aliphatic rings. The number of thioether (sulfide) groups is 1. The predicted octanol–water partition coefficient (Wildman–Crippen LogP) is 4.51. The Morgan fingerprint density at radius 2 is 1.97 bits per heavy atom. The van der Waals surface area contributed by atoms with Gasteiger partial charge in [-0.1, -0.05) is 16.6 Å². The van der Waals surface area contributed by atoms with Crippen molar-refractivity contribution in [3.8, 4) is 0 Å². The SMILES string of the molecule is [N-]=[N+]=NCCCCCC(CSc1ccc(F)cc1F)OC(=O)ON1C(=O)CCC1=O. The minimum absolute atomic E-state index is 0.0413. The van der Waals surface area contributed by atoms with E-state index in [4.69, 9.17) is 15.1 Å². The van der Waals surface area contributed by atoms with Crippen LogP contribution in [0.2, 0.25) is 0 Å². The van der Waals surface area contributed by atoms with E-state index in [0.29, 0.717) is 37.3 Å². The number of unbranched alkanes of at least 4 members (excludes halogenated alkanes) is 2. The topological polar surface area (TPSA) is 122 Å². The van der Waals surface area contributed by atoms with Crippen molar-refractivity contribution in [2.75, 3.05) is 12.3 Å². The lowest BCUT2D eigenvalue weighted by atomic mass is 10.1. The maximum absolute atomic E-state index is 13.8. The third kappa shape index (κ3) is 7.53. The van der Waals surface area contributed by atoms with E-state index in [1.165, 1.54) is 6.07 Å². The van der Waals surface area contributed by atoms with Crippen molar-refractivity contribution in [3.63, 3.8) is 0 Å². The lowest BCUT2D eigenvalue weighted by molar-refractivity contribution is -0.178. The quantitative estimate of drug-likeness (QED) is 0.0945. The second-order valence-corrected chi connectivity index (χ2v) is 7.41. The fraction of sp³-hybridized carbons (Fsp3) is 0.500. The highest BCUT2D eigenvalue weighted by molar-refractivity contribution is 7.99. The van der Waals surface area contributed by atoms with Crippen LogP contribution >= 0.6 is 11.8 Å². The number of ether oxygens (including phenoxy) is 1. The molecule has 1 aliphatic heterocycles. The number of hydrogen-bond acceptors (Lipinski definition) is 7. The van der Waals surface area contributed by atoms with Crippen LogP contribution in [-0.2, 0) is 19.2 Å². The van der Waals surface area contributed by atoms with Gasteiger partial charge in [0, 0.05) is 41.0 Å². The zero-order chi connectivity index (χ0) is 21.9. The smallest absolute Gasteiger partial charge is 0.428 e. The first-order chi connectivity index (χ1) is 14.4. The molecule has 0 aliphatic carbocycles. The van der Waals surface area contributed by atoms with Crippen LogP contribution in [0.25, 0.3) is 10.4 Å². The number of rotatable bonds is 11. The maximum Gasteiger partial charge on any atom is 0.534 e. The Balaban J connectivity index is 1.91. The van der Waals surface area contributed by atoms with Gasteiger partial charge < -0.3 is 4.74 Å². The fourth-order valence-electron chi connectivity index (χ4n) is 2.62. The van der Waals surface area contributed by atoms with Crippen molar-refractivity contribution >= 4 is 29.7 Å². The molecule has 1 heterocycles. The van der Waals surface area contributed by atoms with Crippen LogP contribution in [0.1, 0.15) is 38.5 Å². The molecule has 0 radical (unpaired) electrons. The summed E-state index contributed by atoms with van der Waals surface area (Å²) < 4.78 is 32.1. The van der Waals surface area contributed by atoms with E-state index in [9.17, 15) is 23.2 Å². The Hall–Kier alpha value is -2.85. The number of azide groups is 1. The van der Waals surface area contributed by atoms with E-state index >= 15 is 0 Å². The first kappa shape index (κ1) is 23.4. The first-order valence-electron chi connectivity index (χ1n) is 9.23. The summed E-state index contributed by atoms with van der Waals surface area (Å²) in [5.74, 6) is -2.55. The summed E-state index contributed by atoms with van der Waals surface area (Å²) in [6.07, 6.45) is 0.360. The molecule has 2 rings (SSSR count). The Bertz CT molecular complexity index is 819. The van der Waals surface area contributed by atoms with Crippen molar-refractivity contribution in [2.24, 2.45) is 5.11 Å². The van der Waals surface area contributed by atoms with Gasteiger partial charge in [0.25, 0.3) is 11.8 Å². The molecule has 9 nitrogen and oxygen atoms in total. The molecular weight excluding hydrogens is 422 g/mol. The van der Waals surface area contributed by atoms with E-state index in [1.54, 1.807) is 0 Å². The van der Waals surface area contributed by atoms with Gasteiger partial charge in [0.2, 0.25) is 0 Å². The molecule has 2 amide bonds. The third-order valence-electron chi connectivity index (χ3n) is 4.10. The zero-order valence-corrected chi connectivity index (χ0v) is 16.8. The molecule has 0 saturated carbocycles. The lowest BCUT2D eigenvalue weighted by Crippen LogP contribution is -2.34. The number of amides is 2. The number of carbonyl (C=O) groups excluding carboxylic acids is 3. The Labute approximate surface area is 175 Å². The van der Waals surface area contributed by atoms with Crippen molar-refractivity contribution in [1.82, 2.24) is 5.06 Å². The average molecular weight is 442 g/mol. The van der Waals surface area contributed by atoms with Crippen LogP contribution in [0.3, 0.4) is 0 Å². The van der Waals surface area contributed by atoms with Gasteiger partial charge in [-0.2, -0.15) is 0 Å². The van der Waals surface area contributed by atoms with Crippen LogP contribution < -0.4 is 0 Å². The highest BCUT2D eigenvalue weighted by Gasteiger charge is 2.34. The monoisotopic (exact) mass is 442 g/mol. The summed E-state index contributed by atoms with van der Waals surface area (Å²) in [5, 5.41) is 3.81. The Morgan fingerprint density at radius 1 is 1.23 bits per heavy atom. The van der Waals surface area contributed by atoms with Gasteiger partial charge in [-0.15, -0.1) is 11.8 Å². The standard InChI is InChI=1S/C18H20F2N4O5S/c19-12-5-6-15(14(20)10-12)30-11-13(4-2-1-3-9-22-23-21)28-18(27)29-24-16(25)7-8-17(24)26/h5-6,10,13H,1-4,7-9,11H2. The molecule has 30 heavy (non-hydrogen) atoms. The molecule has 0 spiro atoms. The number of halogens is 2. The van der Waals surface area contributed by atoms with Crippen molar-refractivity contribution in [3.05, 3.63) is 40.3 Å². The van der Waals surface area contributed by atoms with Gasteiger partial charge in [-0.3, -0.25) is 14.4 Å². The fourth-order valence-corrected chi connectivity index (χ4v) is 3.58. The van der Waals surface area contributed by atoms with Crippen molar-refractivity contribution < 1.29 is 32.7 Å². The number of imide groups is 1. The van der Waals surface area contributed by atoms with E-state index < -0.39 is 35.7 Å². The van der Waals surface area contributed by atoms with Crippen LogP contribution in [0.4, 0.5) is 13.6 Å². The van der Waals surface area contributed by atoms with Crippen molar-refractivity contribution in [1.29, 1.82) is 0 Å². The molecular formula is C18H20F2N4O5S. The molecule has 1 unspecified atom stereocenters. The van der Waals surface area contributed by atoms with Gasteiger partial charge >= 0.3 is 6.16 Å². The largest absolute Gasteiger partial charge is 0.534 e. The van der Waals surface area contributed by atoms with Crippen LogP contribution in [-0.4, -0.2) is 41.4 Å². The van der Waals surface area contributed by atoms with E-state index in [-0.39, 0.29) is 23.5 Å². The Kier molecular flexibility index (Phi) is 9.36. The highest BCUT2D eigenvalue weighted by atomic mass is 32.2. The zero-order valence-electron chi connectivity index (χ0n) is 16.0. The van der Waals surface area contributed by atoms with Crippen LogP contribution in [0.15, 0.2) is 28.2 Å². The normalized spacial score (nSPS) is 14.4. The van der Waals surface area contributed by atoms with E-state index in [0.717, 1.165) is 23.9 Å².